The zero-order valence-electron chi connectivity index (χ0n) is 23.1. The number of hydrogen-bond acceptors (Lipinski definition) is 6. The molecule has 0 aliphatic carbocycles. The molecule has 40 heavy (non-hydrogen) atoms. The maximum Gasteiger partial charge on any atom is 0.295 e. The SMILES string of the molecule is CCOc1ccc(/C(O)=C2/C(=O)C(=O)N(CCN(CC)CC)C2c2ccc(OCc3ccccc3)cc2)cc1Cl. The van der Waals surface area contributed by atoms with Crippen LogP contribution in [-0.2, 0) is 16.2 Å². The minimum Gasteiger partial charge on any atom is -0.507 e. The molecule has 0 bridgehead atoms. The van der Waals surface area contributed by atoms with Crippen LogP contribution in [0, 0.1) is 0 Å². The summed E-state index contributed by atoms with van der Waals surface area (Å²) in [6.07, 6.45) is 0. The van der Waals surface area contributed by atoms with Gasteiger partial charge in [0.1, 0.15) is 23.9 Å². The Morgan fingerprint density at radius 3 is 2.27 bits per heavy atom. The molecule has 1 fully saturated rings. The number of rotatable bonds is 12. The number of carbonyl (C=O) groups is 2. The second kappa shape index (κ2) is 13.5. The Hall–Kier alpha value is -3.81. The number of halogens is 1. The van der Waals surface area contributed by atoms with E-state index in [0.717, 1.165) is 18.7 Å². The molecule has 0 saturated carbocycles. The predicted molar refractivity (Wildman–Crippen MR) is 157 cm³/mol. The Morgan fingerprint density at radius 2 is 1.65 bits per heavy atom. The lowest BCUT2D eigenvalue weighted by atomic mass is 9.95. The molecule has 3 aromatic carbocycles. The van der Waals surface area contributed by atoms with E-state index in [0.29, 0.717) is 54.0 Å². The molecule has 210 valence electrons. The van der Waals surface area contributed by atoms with Crippen LogP contribution in [0.25, 0.3) is 5.76 Å². The first-order valence-electron chi connectivity index (χ1n) is 13.6. The van der Waals surface area contributed by atoms with Gasteiger partial charge in [0.05, 0.1) is 23.2 Å². The van der Waals surface area contributed by atoms with Gasteiger partial charge in [-0.1, -0.05) is 67.9 Å². The molecule has 7 nitrogen and oxygen atoms in total. The first kappa shape index (κ1) is 29.2. The number of hydrogen-bond donors (Lipinski definition) is 1. The Balaban J connectivity index is 1.69. The molecule has 0 radical (unpaired) electrons. The average molecular weight is 563 g/mol. The topological polar surface area (TPSA) is 79.3 Å². The van der Waals surface area contributed by atoms with Crippen molar-refractivity contribution >= 4 is 29.1 Å². The maximum atomic E-state index is 13.4. The summed E-state index contributed by atoms with van der Waals surface area (Å²) in [5.74, 6) is -0.506. The van der Waals surface area contributed by atoms with Gasteiger partial charge in [0.15, 0.2) is 0 Å². The second-order valence-electron chi connectivity index (χ2n) is 9.44. The van der Waals surface area contributed by atoms with Gasteiger partial charge in [0.25, 0.3) is 11.7 Å². The van der Waals surface area contributed by atoms with Crippen molar-refractivity contribution < 1.29 is 24.2 Å². The van der Waals surface area contributed by atoms with Crippen molar-refractivity contribution in [1.29, 1.82) is 0 Å². The number of carbonyl (C=O) groups excluding carboxylic acids is 2. The molecule has 3 aromatic rings. The summed E-state index contributed by atoms with van der Waals surface area (Å²) in [5, 5.41) is 11.7. The molecular formula is C32H35ClN2O5. The highest BCUT2D eigenvalue weighted by Crippen LogP contribution is 2.40. The third-order valence-electron chi connectivity index (χ3n) is 7.04. The lowest BCUT2D eigenvalue weighted by Gasteiger charge is -2.28. The minimum atomic E-state index is -0.760. The van der Waals surface area contributed by atoms with Crippen molar-refractivity contribution in [2.45, 2.75) is 33.4 Å². The summed E-state index contributed by atoms with van der Waals surface area (Å²) in [4.78, 5) is 30.4. The Bertz CT molecular complexity index is 1350. The fraction of sp³-hybridized carbons (Fsp3) is 0.312. The minimum absolute atomic E-state index is 0.0303. The smallest absolute Gasteiger partial charge is 0.295 e. The molecule has 1 amide bonds. The summed E-state index contributed by atoms with van der Waals surface area (Å²) >= 11 is 6.37. The number of benzene rings is 3. The molecule has 1 saturated heterocycles. The number of aliphatic hydroxyl groups is 1. The zero-order valence-corrected chi connectivity index (χ0v) is 23.9. The first-order valence-corrected chi connectivity index (χ1v) is 14.0. The Labute approximate surface area is 240 Å². The van der Waals surface area contributed by atoms with Crippen molar-refractivity contribution in [2.24, 2.45) is 0 Å². The number of ketones is 1. The predicted octanol–water partition coefficient (Wildman–Crippen LogP) is 6.08. The largest absolute Gasteiger partial charge is 0.507 e. The molecule has 1 aliphatic heterocycles. The van der Waals surface area contributed by atoms with Gasteiger partial charge in [0, 0.05) is 18.7 Å². The monoisotopic (exact) mass is 562 g/mol. The highest BCUT2D eigenvalue weighted by Gasteiger charge is 2.46. The van der Waals surface area contributed by atoms with E-state index in [-0.39, 0.29) is 11.3 Å². The fourth-order valence-electron chi connectivity index (χ4n) is 4.81. The van der Waals surface area contributed by atoms with Crippen LogP contribution in [0.1, 0.15) is 43.5 Å². The van der Waals surface area contributed by atoms with Gasteiger partial charge in [-0.2, -0.15) is 0 Å². The number of ether oxygens (including phenoxy) is 2. The lowest BCUT2D eigenvalue weighted by Crippen LogP contribution is -2.38. The van der Waals surface area contributed by atoms with Crippen molar-refractivity contribution in [3.8, 4) is 11.5 Å². The van der Waals surface area contributed by atoms with E-state index in [1.807, 2.05) is 61.5 Å². The van der Waals surface area contributed by atoms with Crippen molar-refractivity contribution in [3.63, 3.8) is 0 Å². The third-order valence-corrected chi connectivity index (χ3v) is 7.34. The molecule has 1 unspecified atom stereocenters. The molecule has 4 rings (SSSR count). The number of aliphatic hydroxyl groups excluding tert-OH is 1. The lowest BCUT2D eigenvalue weighted by molar-refractivity contribution is -0.140. The summed E-state index contributed by atoms with van der Waals surface area (Å²) in [6, 6.07) is 21.2. The highest BCUT2D eigenvalue weighted by molar-refractivity contribution is 6.46. The van der Waals surface area contributed by atoms with Gasteiger partial charge in [-0.3, -0.25) is 9.59 Å². The number of nitrogens with zero attached hydrogens (tertiary/aromatic N) is 2. The molecule has 1 aliphatic rings. The standard InChI is InChI=1S/C32H35ClN2O5/c1-4-34(5-2)18-19-35-29(23-12-15-25(16-13-23)40-21-22-10-8-7-9-11-22)28(31(37)32(35)38)30(36)24-14-17-27(39-6-3)26(33)20-24/h7-17,20,29,36H,4-6,18-19,21H2,1-3H3/b30-28-. The van der Waals surface area contributed by atoms with Crippen LogP contribution in [0.4, 0.5) is 0 Å². The van der Waals surface area contributed by atoms with Crippen LogP contribution in [0.2, 0.25) is 5.02 Å². The number of likely N-dealkylation sites (tertiary alicyclic amines) is 1. The first-order chi connectivity index (χ1) is 19.4. The van der Waals surface area contributed by atoms with E-state index in [1.54, 1.807) is 23.1 Å². The zero-order chi connectivity index (χ0) is 28.6. The third kappa shape index (κ3) is 6.49. The summed E-state index contributed by atoms with van der Waals surface area (Å²) in [6.45, 7) is 9.40. The summed E-state index contributed by atoms with van der Waals surface area (Å²) in [5.41, 5.74) is 2.11. The van der Waals surface area contributed by atoms with Crippen LogP contribution in [0.3, 0.4) is 0 Å². The number of Topliss-reactive ketones (excluding diaryl/α,β-unsaturated/α-hetero) is 1. The summed E-state index contributed by atoms with van der Waals surface area (Å²) < 4.78 is 11.4. The van der Waals surface area contributed by atoms with Crippen LogP contribution in [0.15, 0.2) is 78.4 Å². The van der Waals surface area contributed by atoms with E-state index in [4.69, 9.17) is 21.1 Å². The molecular weight excluding hydrogens is 528 g/mol. The number of amides is 1. The molecule has 1 atom stereocenters. The van der Waals surface area contributed by atoms with Gasteiger partial charge in [-0.25, -0.2) is 0 Å². The van der Waals surface area contributed by atoms with E-state index >= 15 is 0 Å². The van der Waals surface area contributed by atoms with Crippen molar-refractivity contribution in [1.82, 2.24) is 9.80 Å². The molecule has 1 heterocycles. The van der Waals surface area contributed by atoms with Crippen molar-refractivity contribution in [3.05, 3.63) is 100 Å². The quantitative estimate of drug-likeness (QED) is 0.164. The molecule has 8 heteroatoms. The van der Waals surface area contributed by atoms with Crippen LogP contribution >= 0.6 is 11.6 Å². The molecule has 0 spiro atoms. The van der Waals surface area contributed by atoms with E-state index in [2.05, 4.69) is 18.7 Å². The van der Waals surface area contributed by atoms with Crippen LogP contribution in [0.5, 0.6) is 11.5 Å². The molecule has 0 aromatic heterocycles. The Morgan fingerprint density at radius 1 is 0.950 bits per heavy atom. The highest BCUT2D eigenvalue weighted by atomic mass is 35.5. The van der Waals surface area contributed by atoms with Gasteiger partial charge in [-0.15, -0.1) is 0 Å². The normalized spacial score (nSPS) is 16.5. The van der Waals surface area contributed by atoms with E-state index in [1.165, 1.54) is 0 Å². The second-order valence-corrected chi connectivity index (χ2v) is 9.85. The number of likely N-dealkylation sites (N-methyl/N-ethyl adjacent to an activating group) is 1. The van der Waals surface area contributed by atoms with Gasteiger partial charge < -0.3 is 24.4 Å². The van der Waals surface area contributed by atoms with Gasteiger partial charge in [-0.05, 0) is 61.5 Å². The van der Waals surface area contributed by atoms with Crippen molar-refractivity contribution in [2.75, 3.05) is 32.8 Å². The van der Waals surface area contributed by atoms with Crippen LogP contribution in [-0.4, -0.2) is 59.4 Å². The average Bonchev–Trinajstić information content (AvgIpc) is 3.23. The molecule has 1 N–H and O–H groups in total. The van der Waals surface area contributed by atoms with Gasteiger partial charge in [0.2, 0.25) is 0 Å². The van der Waals surface area contributed by atoms with Crippen LogP contribution < -0.4 is 9.47 Å². The van der Waals surface area contributed by atoms with Gasteiger partial charge >= 0.3 is 0 Å². The van der Waals surface area contributed by atoms with E-state index < -0.39 is 17.7 Å². The summed E-state index contributed by atoms with van der Waals surface area (Å²) in [7, 11) is 0. The Kier molecular flexibility index (Phi) is 9.85. The fourth-order valence-corrected chi connectivity index (χ4v) is 5.04. The maximum absolute atomic E-state index is 13.4. The van der Waals surface area contributed by atoms with E-state index in [9.17, 15) is 14.7 Å².